The van der Waals surface area contributed by atoms with Crippen molar-refractivity contribution in [1.82, 2.24) is 25.1 Å². The Kier molecular flexibility index (Phi) is 5.75. The monoisotopic (exact) mass is 435 g/mol. The standard InChI is InChI=1S/C26H21N5O2/c32-24(28-23(17-31-16-15-27-18-31)19-7-3-1-4-8-19)20-11-13-22(14-12-20)26-30-29-25(33-26)21-9-5-2-6-10-21/h1-16,18,23H,17H2,(H,28,32). The summed E-state index contributed by atoms with van der Waals surface area (Å²) in [6, 6.07) is 26.4. The second-order valence-electron chi connectivity index (χ2n) is 7.55. The third kappa shape index (κ3) is 4.72. The highest BCUT2D eigenvalue weighted by molar-refractivity contribution is 5.94. The predicted octanol–water partition coefficient (Wildman–Crippen LogP) is 4.77. The molecule has 0 aliphatic heterocycles. The summed E-state index contributed by atoms with van der Waals surface area (Å²) in [6.07, 6.45) is 5.35. The molecule has 0 aliphatic carbocycles. The summed E-state index contributed by atoms with van der Waals surface area (Å²) in [4.78, 5) is 17.1. The average molecular weight is 435 g/mol. The van der Waals surface area contributed by atoms with E-state index in [0.29, 0.717) is 23.9 Å². The first kappa shape index (κ1) is 20.4. The largest absolute Gasteiger partial charge is 0.416 e. The van der Waals surface area contributed by atoms with Crippen LogP contribution in [0.1, 0.15) is 22.0 Å². The number of imidazole rings is 1. The number of amides is 1. The molecule has 1 atom stereocenters. The molecular weight excluding hydrogens is 414 g/mol. The molecule has 1 amide bonds. The molecule has 0 saturated carbocycles. The van der Waals surface area contributed by atoms with Crippen LogP contribution in [0.4, 0.5) is 0 Å². The number of benzene rings is 3. The fourth-order valence-electron chi connectivity index (χ4n) is 3.57. The van der Waals surface area contributed by atoms with Crippen molar-refractivity contribution in [1.29, 1.82) is 0 Å². The topological polar surface area (TPSA) is 85.8 Å². The molecular formula is C26H21N5O2. The van der Waals surface area contributed by atoms with Crippen LogP contribution < -0.4 is 5.32 Å². The van der Waals surface area contributed by atoms with Gasteiger partial charge < -0.3 is 14.3 Å². The molecule has 33 heavy (non-hydrogen) atoms. The zero-order chi connectivity index (χ0) is 22.5. The molecule has 0 spiro atoms. The van der Waals surface area contributed by atoms with Gasteiger partial charge in [-0.25, -0.2) is 4.98 Å². The van der Waals surface area contributed by atoms with Gasteiger partial charge in [-0.1, -0.05) is 48.5 Å². The van der Waals surface area contributed by atoms with E-state index >= 15 is 0 Å². The van der Waals surface area contributed by atoms with Gasteiger partial charge in [-0.3, -0.25) is 4.79 Å². The van der Waals surface area contributed by atoms with Gasteiger partial charge >= 0.3 is 0 Å². The number of carbonyl (C=O) groups excluding carboxylic acids is 1. The van der Waals surface area contributed by atoms with E-state index in [1.54, 1.807) is 24.7 Å². The second-order valence-corrected chi connectivity index (χ2v) is 7.55. The number of nitrogens with one attached hydrogen (secondary N) is 1. The molecule has 1 N–H and O–H groups in total. The van der Waals surface area contributed by atoms with Gasteiger partial charge in [0.2, 0.25) is 11.8 Å². The van der Waals surface area contributed by atoms with Crippen molar-refractivity contribution in [3.05, 3.63) is 115 Å². The van der Waals surface area contributed by atoms with Crippen molar-refractivity contribution in [3.63, 3.8) is 0 Å². The Balaban J connectivity index is 1.32. The van der Waals surface area contributed by atoms with Gasteiger partial charge in [-0.15, -0.1) is 10.2 Å². The van der Waals surface area contributed by atoms with Crippen molar-refractivity contribution < 1.29 is 9.21 Å². The molecule has 0 bridgehead atoms. The predicted molar refractivity (Wildman–Crippen MR) is 124 cm³/mol. The Hall–Kier alpha value is -4.52. The average Bonchev–Trinajstić information content (AvgIpc) is 3.57. The van der Waals surface area contributed by atoms with E-state index in [-0.39, 0.29) is 11.9 Å². The van der Waals surface area contributed by atoms with Crippen LogP contribution in [-0.2, 0) is 6.54 Å². The fraction of sp³-hybridized carbons (Fsp3) is 0.0769. The third-order valence-corrected chi connectivity index (χ3v) is 5.30. The lowest BCUT2D eigenvalue weighted by Gasteiger charge is -2.20. The number of hydrogen-bond acceptors (Lipinski definition) is 5. The lowest BCUT2D eigenvalue weighted by molar-refractivity contribution is 0.0932. The summed E-state index contributed by atoms with van der Waals surface area (Å²) >= 11 is 0. The maximum absolute atomic E-state index is 13.0. The molecule has 7 heteroatoms. The Morgan fingerprint density at radius 2 is 1.48 bits per heavy atom. The molecule has 7 nitrogen and oxygen atoms in total. The van der Waals surface area contributed by atoms with Gasteiger partial charge in [0.25, 0.3) is 5.91 Å². The Morgan fingerprint density at radius 3 is 2.12 bits per heavy atom. The Bertz CT molecular complexity index is 1310. The van der Waals surface area contributed by atoms with Crippen LogP contribution in [0.15, 0.2) is 108 Å². The summed E-state index contributed by atoms with van der Waals surface area (Å²) in [5, 5.41) is 11.4. The van der Waals surface area contributed by atoms with Gasteiger partial charge in [0, 0.05) is 35.6 Å². The van der Waals surface area contributed by atoms with Gasteiger partial charge in [-0.2, -0.15) is 0 Å². The van der Waals surface area contributed by atoms with Crippen LogP contribution >= 0.6 is 0 Å². The van der Waals surface area contributed by atoms with Gasteiger partial charge in [0.1, 0.15) is 0 Å². The first-order chi connectivity index (χ1) is 16.3. The maximum atomic E-state index is 13.0. The summed E-state index contributed by atoms with van der Waals surface area (Å²) < 4.78 is 7.75. The molecule has 0 fully saturated rings. The molecule has 3 aromatic carbocycles. The molecule has 0 aliphatic rings. The van der Waals surface area contributed by atoms with Crippen molar-refractivity contribution >= 4 is 5.91 Å². The highest BCUT2D eigenvalue weighted by Gasteiger charge is 2.17. The van der Waals surface area contributed by atoms with Gasteiger partial charge in [0.05, 0.1) is 12.4 Å². The third-order valence-electron chi connectivity index (χ3n) is 5.30. The molecule has 5 rings (SSSR count). The van der Waals surface area contributed by atoms with Crippen molar-refractivity contribution in [2.45, 2.75) is 12.6 Å². The highest BCUT2D eigenvalue weighted by Crippen LogP contribution is 2.24. The minimum Gasteiger partial charge on any atom is -0.416 e. The minimum absolute atomic E-state index is 0.161. The van der Waals surface area contributed by atoms with Gasteiger partial charge in [0.15, 0.2) is 0 Å². The molecule has 0 radical (unpaired) electrons. The highest BCUT2D eigenvalue weighted by atomic mass is 16.4. The van der Waals surface area contributed by atoms with E-state index in [4.69, 9.17) is 4.42 Å². The SMILES string of the molecule is O=C(NC(Cn1ccnc1)c1ccccc1)c1ccc(-c2nnc(-c3ccccc3)o2)cc1. The molecule has 0 saturated heterocycles. The van der Waals surface area contributed by atoms with Crippen LogP contribution in [0, 0.1) is 0 Å². The van der Waals surface area contributed by atoms with Crippen LogP contribution in [-0.4, -0.2) is 25.7 Å². The van der Waals surface area contributed by atoms with Gasteiger partial charge in [-0.05, 0) is 42.0 Å². The minimum atomic E-state index is -0.197. The van der Waals surface area contributed by atoms with Crippen molar-refractivity contribution in [3.8, 4) is 22.9 Å². The number of nitrogens with zero attached hydrogens (tertiary/aromatic N) is 4. The lowest BCUT2D eigenvalue weighted by atomic mass is 10.1. The summed E-state index contributed by atoms with van der Waals surface area (Å²) in [5.41, 5.74) is 3.18. The van der Waals surface area contributed by atoms with Crippen LogP contribution in [0.25, 0.3) is 22.9 Å². The molecule has 1 unspecified atom stereocenters. The first-order valence-electron chi connectivity index (χ1n) is 10.6. The van der Waals surface area contributed by atoms with E-state index in [9.17, 15) is 4.79 Å². The molecule has 2 heterocycles. The van der Waals surface area contributed by atoms with Crippen molar-refractivity contribution in [2.24, 2.45) is 0 Å². The van der Waals surface area contributed by atoms with Crippen molar-refractivity contribution in [2.75, 3.05) is 0 Å². The molecule has 2 aromatic heterocycles. The van der Waals surface area contributed by atoms with E-state index in [1.807, 2.05) is 83.6 Å². The summed E-state index contributed by atoms with van der Waals surface area (Å²) in [5.74, 6) is 0.701. The summed E-state index contributed by atoms with van der Waals surface area (Å²) in [7, 11) is 0. The number of rotatable bonds is 7. The van der Waals surface area contributed by atoms with E-state index < -0.39 is 0 Å². The van der Waals surface area contributed by atoms with E-state index in [2.05, 4.69) is 20.5 Å². The Morgan fingerprint density at radius 1 is 0.848 bits per heavy atom. The Labute approximate surface area is 190 Å². The van der Waals surface area contributed by atoms with Crippen LogP contribution in [0.5, 0.6) is 0 Å². The fourth-order valence-corrected chi connectivity index (χ4v) is 3.57. The van der Waals surface area contributed by atoms with E-state index in [1.165, 1.54) is 0 Å². The first-order valence-corrected chi connectivity index (χ1v) is 10.6. The second kappa shape index (κ2) is 9.32. The van der Waals surface area contributed by atoms with Crippen LogP contribution in [0.3, 0.4) is 0 Å². The number of aromatic nitrogens is 4. The zero-order valence-corrected chi connectivity index (χ0v) is 17.7. The molecule has 162 valence electrons. The smallest absolute Gasteiger partial charge is 0.251 e. The van der Waals surface area contributed by atoms with E-state index in [0.717, 1.165) is 16.7 Å². The zero-order valence-electron chi connectivity index (χ0n) is 17.7. The number of hydrogen-bond donors (Lipinski definition) is 1. The summed E-state index contributed by atoms with van der Waals surface area (Å²) in [6.45, 7) is 0.581. The maximum Gasteiger partial charge on any atom is 0.251 e. The van der Waals surface area contributed by atoms with Crippen LogP contribution in [0.2, 0.25) is 0 Å². The normalized spacial score (nSPS) is 11.8. The number of carbonyl (C=O) groups is 1. The quantitative estimate of drug-likeness (QED) is 0.398. The lowest BCUT2D eigenvalue weighted by Crippen LogP contribution is -2.31. The molecule has 5 aromatic rings.